The zero-order valence-electron chi connectivity index (χ0n) is 63.1. The van der Waals surface area contributed by atoms with E-state index in [0.29, 0.717) is 121 Å². The van der Waals surface area contributed by atoms with Crippen LogP contribution in [0.2, 0.25) is 46.3 Å². The fourth-order valence-corrected chi connectivity index (χ4v) is 14.4. The maximum absolute atomic E-state index is 15.5. The second-order valence-corrected chi connectivity index (χ2v) is 41.6. The Balaban J connectivity index is 0.000000235. The van der Waals surface area contributed by atoms with Gasteiger partial charge in [0.15, 0.2) is 28.3 Å². The number of hydrogen-bond acceptors (Lipinski definition) is 16. The smallest absolute Gasteiger partial charge is 0.497 e. The predicted octanol–water partition coefficient (Wildman–Crippen LogP) is 16.0. The van der Waals surface area contributed by atoms with Gasteiger partial charge >= 0.3 is 19.1 Å². The first-order chi connectivity index (χ1) is 47.4. The molecule has 0 saturated carbocycles. The number of ether oxygens (including phenoxy) is 6. The third-order valence-electron chi connectivity index (χ3n) is 20.9. The summed E-state index contributed by atoms with van der Waals surface area (Å²) in [7, 11) is 0.628. The van der Waals surface area contributed by atoms with Gasteiger partial charge in [0.1, 0.15) is 44.3 Å². The van der Waals surface area contributed by atoms with Crippen molar-refractivity contribution in [3.8, 4) is 11.5 Å². The SMILES string of the molecule is COC(=O)c1cn([C@H](CO[Si](C)(C)C(C)(C)C)C(C)C)c2cc(OC)c(B3OC(C)(C)C(C)(C)O3)cc2c1=O.COC(=O)c1cn([C@H](CO[Si](C)(C)C(C)(C)C)C(C)C)c2cc(OC)c(Cc3cc(N4CCOCC4)c(F)c(Cl)c3F)cc2c1=O.Fc1c(CBr)cc(N2CCOCC2)c(F)c1Cl. The van der Waals surface area contributed by atoms with E-state index in [2.05, 4.69) is 111 Å². The number of methoxy groups -OCH3 is 4. The minimum atomic E-state index is -2.14. The zero-order valence-corrected chi connectivity index (χ0v) is 68.2. The van der Waals surface area contributed by atoms with Gasteiger partial charge in [-0.05, 0) is 111 Å². The van der Waals surface area contributed by atoms with E-state index >= 15 is 8.78 Å². The second-order valence-electron chi connectivity index (χ2n) is 30.7. The Morgan fingerprint density at radius 1 is 0.578 bits per heavy atom. The lowest BCUT2D eigenvalue weighted by Gasteiger charge is -2.38. The van der Waals surface area contributed by atoms with Crippen LogP contribution in [-0.2, 0) is 48.9 Å². The number of benzene rings is 4. The zero-order chi connectivity index (χ0) is 76.3. The van der Waals surface area contributed by atoms with Crippen LogP contribution in [-0.4, -0.2) is 150 Å². The minimum Gasteiger partial charge on any atom is -0.497 e. The molecule has 28 heteroatoms. The van der Waals surface area contributed by atoms with Crippen molar-refractivity contribution in [2.24, 2.45) is 11.8 Å². The number of nitrogens with zero attached hydrogens (tertiary/aromatic N) is 4. The van der Waals surface area contributed by atoms with Crippen LogP contribution in [0, 0.1) is 35.1 Å². The number of anilines is 2. The van der Waals surface area contributed by atoms with Gasteiger partial charge in [-0.25, -0.2) is 27.2 Å². The average molecular weight is 1570 g/mol. The Labute approximate surface area is 618 Å². The Morgan fingerprint density at radius 2 is 0.951 bits per heavy atom. The average Bonchev–Trinajstić information content (AvgIpc) is 1.75. The number of halogens is 7. The predicted molar refractivity (Wildman–Crippen MR) is 406 cm³/mol. The quantitative estimate of drug-likeness (QED) is 0.0232. The number of hydrogen-bond donors (Lipinski definition) is 0. The third-order valence-corrected chi connectivity index (χ3v) is 31.1. The molecule has 5 heterocycles. The molecule has 4 aromatic carbocycles. The molecule has 6 aromatic rings. The van der Waals surface area contributed by atoms with E-state index in [0.717, 1.165) is 0 Å². The first kappa shape index (κ1) is 83.7. The minimum absolute atomic E-state index is 0.0182. The van der Waals surface area contributed by atoms with Gasteiger partial charge in [-0.1, -0.05) is 108 Å². The first-order valence-electron chi connectivity index (χ1n) is 34.3. The number of aromatic nitrogens is 2. The van der Waals surface area contributed by atoms with Crippen molar-refractivity contribution in [2.75, 3.05) is 104 Å². The molecule has 0 radical (unpaired) electrons. The molecule has 3 aliphatic heterocycles. The van der Waals surface area contributed by atoms with Crippen LogP contribution in [0.15, 0.2) is 58.4 Å². The topological polar surface area (TPSA) is 177 Å². The van der Waals surface area contributed by atoms with Gasteiger partial charge in [0.25, 0.3) is 0 Å². The van der Waals surface area contributed by atoms with Gasteiger partial charge in [-0.2, -0.15) is 0 Å². The molecule has 0 spiro atoms. The molecule has 0 N–H and O–H groups in total. The van der Waals surface area contributed by atoms with Crippen LogP contribution in [0.1, 0.15) is 146 Å². The van der Waals surface area contributed by atoms with Crippen molar-refractivity contribution in [1.82, 2.24) is 9.13 Å². The van der Waals surface area contributed by atoms with Gasteiger partial charge in [-0.3, -0.25) is 9.59 Å². The lowest BCUT2D eigenvalue weighted by atomic mass is 9.77. The standard InChI is InChI=1S/C34H45ClF2N2O6Si.C29H46BNO7Si.C11H11BrClF2NO/c1-20(2)27(19-45-46(8,9)34(3,4)5)39-18-24(33(41)43-7)32(40)23-15-21(28(42-6)17-25(23)39)14-22-16-26(31(37)29(35)30(22)36)38-10-12-44-13-11-38;1-18(2)23(17-36-39(12,13)27(3,4)5)31-16-20(26(33)35-11)25(32)19-14-21(24(34-10)15-22(19)31)30-37-28(6,7)29(8,9)38-30;12-6-7-5-8(11(15)9(13)10(7)14)16-1-3-17-4-2-16/h15-18,20,27H,10-14,19H2,1-9H3;14-16,18,23H,17H2,1-13H3;5H,1-4,6H2/t27-;23-;/m11./s1. The Bertz CT molecular complexity index is 4140. The second kappa shape index (κ2) is 33.5. The highest BCUT2D eigenvalue weighted by Gasteiger charge is 2.53. The number of morpholine rings is 2. The molecule has 18 nitrogen and oxygen atoms in total. The lowest BCUT2D eigenvalue weighted by Crippen LogP contribution is -2.42. The lowest BCUT2D eigenvalue weighted by molar-refractivity contribution is 0.00578. The molecule has 9 rings (SSSR count). The molecular weight excluding hydrogens is 1460 g/mol. The normalized spacial score (nSPS) is 16.4. The van der Waals surface area contributed by atoms with Crippen molar-refractivity contribution in [2.45, 2.75) is 168 Å². The molecule has 562 valence electrons. The van der Waals surface area contributed by atoms with Crippen LogP contribution in [0.25, 0.3) is 21.8 Å². The van der Waals surface area contributed by atoms with Crippen molar-refractivity contribution < 1.29 is 73.7 Å². The van der Waals surface area contributed by atoms with Gasteiger partial charge in [-0.15, -0.1) is 0 Å². The van der Waals surface area contributed by atoms with Gasteiger partial charge in [0.2, 0.25) is 10.9 Å². The van der Waals surface area contributed by atoms with Gasteiger partial charge < -0.3 is 65.5 Å². The number of rotatable bonds is 20. The Hall–Kier alpha value is -5.52. The molecule has 3 saturated heterocycles. The van der Waals surface area contributed by atoms with E-state index in [1.165, 1.54) is 39.7 Å². The maximum Gasteiger partial charge on any atom is 0.498 e. The Morgan fingerprint density at radius 3 is 1.31 bits per heavy atom. The molecule has 102 heavy (non-hydrogen) atoms. The van der Waals surface area contributed by atoms with Crippen LogP contribution in [0.4, 0.5) is 28.9 Å². The van der Waals surface area contributed by atoms with Crippen molar-refractivity contribution in [3.05, 3.63) is 130 Å². The summed E-state index contributed by atoms with van der Waals surface area (Å²) in [4.78, 5) is 56.7. The van der Waals surface area contributed by atoms with Crippen molar-refractivity contribution >= 4 is 113 Å². The van der Waals surface area contributed by atoms with E-state index in [-0.39, 0.29) is 68.2 Å². The summed E-state index contributed by atoms with van der Waals surface area (Å²) < 4.78 is 120. The van der Waals surface area contributed by atoms with E-state index in [1.54, 1.807) is 36.4 Å². The highest BCUT2D eigenvalue weighted by molar-refractivity contribution is 9.08. The maximum atomic E-state index is 15.5. The molecule has 0 aliphatic carbocycles. The van der Waals surface area contributed by atoms with Crippen LogP contribution in [0.3, 0.4) is 0 Å². The molecular formula is C74H102BBrCl2F4N4O14Si2. The summed E-state index contributed by atoms with van der Waals surface area (Å²) in [6.07, 6.45) is 3.08. The summed E-state index contributed by atoms with van der Waals surface area (Å²) in [5.41, 5.74) is 0.994. The first-order valence-corrected chi connectivity index (χ1v) is 42.0. The monoisotopic (exact) mass is 1560 g/mol. The summed E-state index contributed by atoms with van der Waals surface area (Å²) in [6.45, 7) is 42.8. The van der Waals surface area contributed by atoms with Crippen molar-refractivity contribution in [1.29, 1.82) is 0 Å². The molecule has 0 unspecified atom stereocenters. The summed E-state index contributed by atoms with van der Waals surface area (Å²) in [5, 5.41) is -0.122. The summed E-state index contributed by atoms with van der Waals surface area (Å²) in [6, 6.07) is 9.43. The number of esters is 2. The van der Waals surface area contributed by atoms with E-state index in [4.69, 9.17) is 69.8 Å². The summed E-state index contributed by atoms with van der Waals surface area (Å²) in [5.74, 6) is -3.44. The fourth-order valence-electron chi connectivity index (χ4n) is 11.5. The van der Waals surface area contributed by atoms with Crippen molar-refractivity contribution in [3.63, 3.8) is 0 Å². The number of pyridine rings is 2. The van der Waals surface area contributed by atoms with E-state index in [1.807, 2.05) is 47.8 Å². The van der Waals surface area contributed by atoms with Gasteiger partial charge in [0.05, 0.1) is 114 Å². The number of alkyl halides is 1. The van der Waals surface area contributed by atoms with Gasteiger partial charge in [0, 0.05) is 84.3 Å². The number of fused-ring (bicyclic) bond motifs is 2. The summed E-state index contributed by atoms with van der Waals surface area (Å²) >= 11 is 15.0. The van der Waals surface area contributed by atoms with Crippen LogP contribution in [0.5, 0.6) is 11.5 Å². The molecule has 2 atom stereocenters. The third kappa shape index (κ3) is 18.1. The molecule has 3 fully saturated rings. The number of carbonyl (C=O) groups is 2. The van der Waals surface area contributed by atoms with Crippen LogP contribution >= 0.6 is 39.1 Å². The van der Waals surface area contributed by atoms with E-state index < -0.39 is 91.1 Å². The largest absolute Gasteiger partial charge is 0.498 e. The molecule has 0 bridgehead atoms. The van der Waals surface area contributed by atoms with E-state index in [9.17, 15) is 28.0 Å². The molecule has 0 amide bonds. The van der Waals surface area contributed by atoms with Crippen LogP contribution < -0.4 is 35.6 Å². The highest BCUT2D eigenvalue weighted by Crippen LogP contribution is 2.43. The Kier molecular flexibility index (Phi) is 27.5. The number of carbonyl (C=O) groups excluding carboxylic acids is 2. The molecule has 2 aromatic heterocycles. The molecule has 3 aliphatic rings. The highest BCUT2D eigenvalue weighted by atomic mass is 79.9. The fraction of sp³-hybridized carbons (Fsp3) is 0.568.